The van der Waals surface area contributed by atoms with Gasteiger partial charge in [0, 0.05) is 44.9 Å². The van der Waals surface area contributed by atoms with E-state index in [2.05, 4.69) is 9.97 Å². The first-order valence-electron chi connectivity index (χ1n) is 12.0. The first-order valence-corrected chi connectivity index (χ1v) is 10.3. The van der Waals surface area contributed by atoms with Crippen LogP contribution in [0.1, 0.15) is 54.1 Å². The number of nitrogens with zero attached hydrogens (tertiary/aromatic N) is 4. The zero-order chi connectivity index (χ0) is 25.7. The minimum absolute atomic E-state index is 0.0743. The van der Waals surface area contributed by atoms with Crippen molar-refractivity contribution in [1.82, 2.24) is 14.9 Å². The van der Waals surface area contributed by atoms with Gasteiger partial charge in [0.1, 0.15) is 34.7 Å². The number of benzene rings is 1. The first-order chi connectivity index (χ1) is 16.4. The molecule has 3 heterocycles. The van der Waals surface area contributed by atoms with Gasteiger partial charge in [0.2, 0.25) is 0 Å². The molecule has 2 aromatic heterocycles. The third-order valence-corrected chi connectivity index (χ3v) is 6.07. The van der Waals surface area contributed by atoms with Crippen LogP contribution in [-0.2, 0) is 6.52 Å². The average molecular weight is 433 g/mol. The molecule has 0 radical (unpaired) electrons. The van der Waals surface area contributed by atoms with Crippen LogP contribution < -0.4 is 5.31 Å². The highest BCUT2D eigenvalue weighted by atomic mass is 32.1. The zero-order valence-corrected chi connectivity index (χ0v) is 17.4. The lowest BCUT2D eigenvalue weighted by Crippen LogP contribution is -2.39. The van der Waals surface area contributed by atoms with E-state index in [4.69, 9.17) is 12.2 Å². The van der Waals surface area contributed by atoms with Crippen LogP contribution in [0, 0.1) is 23.0 Å². The third-order valence-electron chi connectivity index (χ3n) is 4.85. The molecule has 1 aliphatic heterocycles. The Hall–Kier alpha value is -2.63. The van der Waals surface area contributed by atoms with E-state index in [0.717, 1.165) is 11.4 Å². The molecule has 3 aromatic rings. The van der Waals surface area contributed by atoms with Crippen LogP contribution in [0.3, 0.4) is 0 Å². The van der Waals surface area contributed by atoms with Crippen molar-refractivity contribution in [3.05, 3.63) is 52.1 Å². The van der Waals surface area contributed by atoms with Crippen LogP contribution in [0.25, 0.3) is 10.2 Å². The number of piperidine rings is 1. The minimum atomic E-state index is -1.43. The van der Waals surface area contributed by atoms with Crippen molar-refractivity contribution in [2.75, 3.05) is 18.4 Å². The smallest absolute Gasteiger partial charge is 0.162 e. The molecule has 1 atom stereocenters. The van der Waals surface area contributed by atoms with Gasteiger partial charge in [-0.2, -0.15) is 5.26 Å². The van der Waals surface area contributed by atoms with Gasteiger partial charge in [0.15, 0.2) is 1.41 Å². The van der Waals surface area contributed by atoms with Crippen LogP contribution in [0.5, 0.6) is 0 Å². The standard InChI is InChI=1S/C22H23F2N5S/c1-13(2)20-8-17-21(26-12-27-22(17)30-20)28-16-3-5-29(6-4-16)11-15-7-14(10-25)18(23)9-19(15)24/h7-9,12-13,16H,3-6,11H2,1-2H3,(H,26,27,28)/i8D,11D,13D,16D/hD. The fourth-order valence-electron chi connectivity index (χ4n) is 3.21. The number of halogens is 2. The van der Waals surface area contributed by atoms with E-state index < -0.39 is 30.1 Å². The van der Waals surface area contributed by atoms with E-state index in [1.54, 1.807) is 24.8 Å². The maximum Gasteiger partial charge on any atom is 0.162 e. The Morgan fingerprint density at radius 2 is 2.20 bits per heavy atom. The van der Waals surface area contributed by atoms with Crippen molar-refractivity contribution in [3.8, 4) is 6.07 Å². The summed E-state index contributed by atoms with van der Waals surface area (Å²) in [7, 11) is 0. The molecule has 156 valence electrons. The Bertz CT molecular complexity index is 1310. The summed E-state index contributed by atoms with van der Waals surface area (Å²) in [4.78, 5) is 11.0. The Morgan fingerprint density at radius 3 is 2.90 bits per heavy atom. The molecule has 0 amide bonds. The van der Waals surface area contributed by atoms with Gasteiger partial charge in [-0.15, -0.1) is 11.3 Å². The van der Waals surface area contributed by atoms with Crippen molar-refractivity contribution >= 4 is 27.4 Å². The van der Waals surface area contributed by atoms with Crippen molar-refractivity contribution in [2.24, 2.45) is 0 Å². The molecule has 1 aliphatic rings. The number of thiophene rings is 1. The van der Waals surface area contributed by atoms with E-state index in [1.165, 1.54) is 17.7 Å². The van der Waals surface area contributed by atoms with E-state index >= 15 is 0 Å². The topological polar surface area (TPSA) is 64.8 Å². The lowest BCUT2D eigenvalue weighted by Gasteiger charge is -2.32. The summed E-state index contributed by atoms with van der Waals surface area (Å²) in [6.45, 7) is 2.51. The predicted octanol–water partition coefficient (Wildman–Crippen LogP) is 5.04. The monoisotopic (exact) mass is 432 g/mol. The Balaban J connectivity index is 1.58. The SMILES string of the molecule is [2H]c1c(C([2H])(C)C)sc2ncnc(N([2H])C3([2H])CCN(C([2H])c4cc(C#N)c(F)cc4F)CC3)c12. The Labute approximate surface area is 185 Å². The number of hydrogen-bond donors (Lipinski definition) is 1. The number of nitrogens with one attached hydrogen (secondary N) is 1. The lowest BCUT2D eigenvalue weighted by molar-refractivity contribution is 0.208. The molecule has 0 bridgehead atoms. The van der Waals surface area contributed by atoms with Crippen molar-refractivity contribution < 1.29 is 15.7 Å². The van der Waals surface area contributed by atoms with E-state index in [9.17, 15) is 8.78 Å². The van der Waals surface area contributed by atoms with Gasteiger partial charge in [-0.25, -0.2) is 18.7 Å². The molecular weight excluding hydrogens is 404 g/mol. The Morgan fingerprint density at radius 1 is 1.43 bits per heavy atom. The van der Waals surface area contributed by atoms with Crippen LogP contribution in [-0.4, -0.2) is 34.0 Å². The summed E-state index contributed by atoms with van der Waals surface area (Å²) in [5.74, 6) is -2.81. The van der Waals surface area contributed by atoms with E-state index in [0.29, 0.717) is 21.2 Å². The Kier molecular flexibility index (Phi) is 4.37. The first kappa shape index (κ1) is 15.2. The molecular formula is C22H23F2N5S. The molecule has 30 heavy (non-hydrogen) atoms. The molecule has 0 spiro atoms. The van der Waals surface area contributed by atoms with Crippen LogP contribution >= 0.6 is 11.3 Å². The molecule has 1 unspecified atom stereocenters. The van der Waals surface area contributed by atoms with Crippen LogP contribution in [0.15, 0.2) is 24.5 Å². The van der Waals surface area contributed by atoms with Gasteiger partial charge in [-0.05, 0) is 30.8 Å². The summed E-state index contributed by atoms with van der Waals surface area (Å²) in [6.07, 6.45) is 1.53. The van der Waals surface area contributed by atoms with Gasteiger partial charge < -0.3 is 5.31 Å². The third kappa shape index (κ3) is 4.27. The highest BCUT2D eigenvalue weighted by Crippen LogP contribution is 2.33. The molecule has 1 aromatic carbocycles. The maximum absolute atomic E-state index is 14.3. The molecule has 0 aliphatic carbocycles. The summed E-state index contributed by atoms with van der Waals surface area (Å²) in [6, 6.07) is 1.94. The van der Waals surface area contributed by atoms with E-state index in [1.807, 2.05) is 0 Å². The number of nitriles is 1. The van der Waals surface area contributed by atoms with Gasteiger partial charge >= 0.3 is 0 Å². The number of rotatable bonds is 5. The number of aromatic nitrogens is 2. The van der Waals surface area contributed by atoms with Gasteiger partial charge in [0.25, 0.3) is 0 Å². The number of likely N-dealkylation sites (tertiary alicyclic amines) is 1. The molecule has 0 saturated carbocycles. The number of fused-ring (bicyclic) bond motifs is 1. The molecule has 1 N–H and O–H groups in total. The number of hydrogen-bond acceptors (Lipinski definition) is 6. The van der Waals surface area contributed by atoms with Gasteiger partial charge in [0.05, 0.1) is 13.7 Å². The van der Waals surface area contributed by atoms with Gasteiger partial charge in [-0.1, -0.05) is 13.8 Å². The zero-order valence-electron chi connectivity index (χ0n) is 21.5. The highest BCUT2D eigenvalue weighted by Gasteiger charge is 2.22. The van der Waals surface area contributed by atoms with Crippen LogP contribution in [0.4, 0.5) is 14.6 Å². The normalized spacial score (nSPS) is 20.4. The fraction of sp³-hybridized carbons (Fsp3) is 0.409. The second kappa shape index (κ2) is 8.62. The lowest BCUT2D eigenvalue weighted by atomic mass is 10.0. The van der Waals surface area contributed by atoms with Crippen LogP contribution in [0.2, 0.25) is 1.41 Å². The van der Waals surface area contributed by atoms with Crippen molar-refractivity contribution in [3.63, 3.8) is 0 Å². The molecule has 4 rings (SSSR count). The number of anilines is 1. The van der Waals surface area contributed by atoms with Crippen molar-refractivity contribution in [2.45, 2.75) is 45.1 Å². The molecule has 1 fully saturated rings. The molecule has 8 heteroatoms. The van der Waals surface area contributed by atoms with Gasteiger partial charge in [-0.3, -0.25) is 4.90 Å². The quantitative estimate of drug-likeness (QED) is 0.612. The molecule has 5 nitrogen and oxygen atoms in total. The average Bonchev–Trinajstić information content (AvgIpc) is 3.16. The maximum atomic E-state index is 14.3. The summed E-state index contributed by atoms with van der Waals surface area (Å²) in [5, 5.41) is 10.3. The fourth-order valence-corrected chi connectivity index (χ4v) is 4.11. The molecule has 1 saturated heterocycles. The predicted molar refractivity (Wildman–Crippen MR) is 114 cm³/mol. The summed E-state index contributed by atoms with van der Waals surface area (Å²) in [5.41, 5.74) is -0.462. The highest BCUT2D eigenvalue weighted by molar-refractivity contribution is 7.18. The largest absolute Gasteiger partial charge is 0.367 e. The second-order valence-electron chi connectivity index (χ2n) is 7.24. The second-order valence-corrected chi connectivity index (χ2v) is 8.24. The summed E-state index contributed by atoms with van der Waals surface area (Å²) < 4.78 is 71.0. The van der Waals surface area contributed by atoms with Crippen molar-refractivity contribution in [1.29, 1.82) is 5.26 Å². The van der Waals surface area contributed by atoms with E-state index in [-0.39, 0.29) is 48.9 Å². The minimum Gasteiger partial charge on any atom is -0.367 e. The summed E-state index contributed by atoms with van der Waals surface area (Å²) >= 11 is 1.20.